The van der Waals surface area contributed by atoms with Gasteiger partial charge in [0.1, 0.15) is 0 Å². The molecule has 0 saturated carbocycles. The molecule has 0 spiro atoms. The zero-order valence-corrected chi connectivity index (χ0v) is 14.0. The fourth-order valence-corrected chi connectivity index (χ4v) is 3.83. The van der Waals surface area contributed by atoms with Gasteiger partial charge in [-0.15, -0.1) is 0 Å². The van der Waals surface area contributed by atoms with Crippen molar-refractivity contribution < 1.29 is 0 Å². The first-order valence-corrected chi connectivity index (χ1v) is 8.61. The number of aromatic nitrogens is 2. The van der Waals surface area contributed by atoms with Gasteiger partial charge in [0.2, 0.25) is 0 Å². The smallest absolute Gasteiger partial charge is 0.0756 e. The standard InChI is InChI=1S/C17H30N4/c1-13(2)17-12-19-8-6-5-7-15(19)10-20(17)16-9-18-21(11-16)14(3)4/h9,11,13-15,17H,5-8,10,12H2,1-4H3. The average molecular weight is 290 g/mol. The van der Waals surface area contributed by atoms with E-state index in [9.17, 15) is 0 Å². The van der Waals surface area contributed by atoms with Crippen molar-refractivity contribution in [3.8, 4) is 0 Å². The van der Waals surface area contributed by atoms with Crippen molar-refractivity contribution in [1.82, 2.24) is 14.7 Å². The number of nitrogens with zero attached hydrogens (tertiary/aromatic N) is 4. The third kappa shape index (κ3) is 2.96. The van der Waals surface area contributed by atoms with Gasteiger partial charge in [0, 0.05) is 37.4 Å². The largest absolute Gasteiger partial charge is 0.363 e. The van der Waals surface area contributed by atoms with E-state index in [1.54, 1.807) is 0 Å². The Bertz CT molecular complexity index is 465. The number of hydrogen-bond donors (Lipinski definition) is 0. The predicted octanol–water partition coefficient (Wildman–Crippen LogP) is 3.16. The summed E-state index contributed by atoms with van der Waals surface area (Å²) in [4.78, 5) is 5.36. The summed E-state index contributed by atoms with van der Waals surface area (Å²) in [7, 11) is 0. The van der Waals surface area contributed by atoms with Gasteiger partial charge in [-0.25, -0.2) is 0 Å². The van der Waals surface area contributed by atoms with E-state index in [-0.39, 0.29) is 0 Å². The number of anilines is 1. The number of rotatable bonds is 3. The molecule has 0 aliphatic carbocycles. The van der Waals surface area contributed by atoms with E-state index in [0.29, 0.717) is 18.0 Å². The second-order valence-electron chi connectivity index (χ2n) is 7.38. The van der Waals surface area contributed by atoms with Crippen LogP contribution in [0.5, 0.6) is 0 Å². The van der Waals surface area contributed by atoms with Gasteiger partial charge in [0.15, 0.2) is 0 Å². The molecule has 118 valence electrons. The Kier molecular flexibility index (Phi) is 4.25. The van der Waals surface area contributed by atoms with Crippen LogP contribution in [0.4, 0.5) is 5.69 Å². The summed E-state index contributed by atoms with van der Waals surface area (Å²) in [6.07, 6.45) is 8.44. The van der Waals surface area contributed by atoms with E-state index >= 15 is 0 Å². The summed E-state index contributed by atoms with van der Waals surface area (Å²) in [5.41, 5.74) is 1.31. The first kappa shape index (κ1) is 14.9. The maximum Gasteiger partial charge on any atom is 0.0756 e. The molecule has 2 saturated heterocycles. The van der Waals surface area contributed by atoms with Crippen molar-refractivity contribution in [3.63, 3.8) is 0 Å². The molecule has 1 aromatic heterocycles. The molecule has 3 rings (SSSR count). The molecular formula is C17H30N4. The lowest BCUT2D eigenvalue weighted by Crippen LogP contribution is -2.61. The van der Waals surface area contributed by atoms with Crippen LogP contribution in [0.3, 0.4) is 0 Å². The molecule has 2 atom stereocenters. The zero-order chi connectivity index (χ0) is 15.0. The number of fused-ring (bicyclic) bond motifs is 1. The lowest BCUT2D eigenvalue weighted by molar-refractivity contribution is 0.100. The molecule has 0 aromatic carbocycles. The second kappa shape index (κ2) is 5.99. The highest BCUT2D eigenvalue weighted by molar-refractivity contribution is 5.45. The monoisotopic (exact) mass is 290 g/mol. The Morgan fingerprint density at radius 1 is 1.14 bits per heavy atom. The first-order valence-electron chi connectivity index (χ1n) is 8.61. The summed E-state index contributed by atoms with van der Waals surface area (Å²) in [5, 5.41) is 4.55. The van der Waals surface area contributed by atoms with Gasteiger partial charge in [-0.3, -0.25) is 9.58 Å². The Morgan fingerprint density at radius 2 is 1.95 bits per heavy atom. The molecule has 1 aromatic rings. The van der Waals surface area contributed by atoms with Crippen molar-refractivity contribution in [1.29, 1.82) is 0 Å². The van der Waals surface area contributed by atoms with Crippen LogP contribution in [-0.4, -0.2) is 46.4 Å². The van der Waals surface area contributed by atoms with Gasteiger partial charge < -0.3 is 4.90 Å². The Balaban J connectivity index is 1.82. The number of piperazine rings is 1. The molecular weight excluding hydrogens is 260 g/mol. The normalized spacial score (nSPS) is 27.4. The minimum Gasteiger partial charge on any atom is -0.363 e. The van der Waals surface area contributed by atoms with Gasteiger partial charge in [-0.2, -0.15) is 5.10 Å². The van der Waals surface area contributed by atoms with Crippen LogP contribution in [0.15, 0.2) is 12.4 Å². The highest BCUT2D eigenvalue weighted by Gasteiger charge is 2.36. The number of hydrogen-bond acceptors (Lipinski definition) is 3. The second-order valence-corrected chi connectivity index (χ2v) is 7.38. The maximum atomic E-state index is 4.55. The van der Waals surface area contributed by atoms with E-state index in [0.717, 1.165) is 6.04 Å². The minimum absolute atomic E-state index is 0.437. The summed E-state index contributed by atoms with van der Waals surface area (Å²) in [6, 6.07) is 1.80. The Labute approximate surface area is 129 Å². The topological polar surface area (TPSA) is 24.3 Å². The van der Waals surface area contributed by atoms with Gasteiger partial charge >= 0.3 is 0 Å². The van der Waals surface area contributed by atoms with Crippen molar-refractivity contribution in [2.75, 3.05) is 24.5 Å². The number of piperidine rings is 1. The quantitative estimate of drug-likeness (QED) is 0.854. The maximum absolute atomic E-state index is 4.55. The summed E-state index contributed by atoms with van der Waals surface area (Å²) in [6.45, 7) is 12.8. The molecule has 2 aliphatic heterocycles. The molecule has 0 radical (unpaired) electrons. The van der Waals surface area contributed by atoms with Crippen LogP contribution in [0, 0.1) is 5.92 Å². The van der Waals surface area contributed by atoms with Crippen LogP contribution < -0.4 is 4.90 Å². The fourth-order valence-electron chi connectivity index (χ4n) is 3.83. The van der Waals surface area contributed by atoms with Crippen LogP contribution in [0.1, 0.15) is 53.0 Å². The van der Waals surface area contributed by atoms with E-state index in [1.807, 2.05) is 0 Å². The van der Waals surface area contributed by atoms with E-state index in [1.165, 1.54) is 44.6 Å². The predicted molar refractivity (Wildman–Crippen MR) is 87.8 cm³/mol. The molecule has 2 fully saturated rings. The summed E-state index contributed by atoms with van der Waals surface area (Å²) >= 11 is 0. The Morgan fingerprint density at radius 3 is 2.62 bits per heavy atom. The molecule has 4 nitrogen and oxygen atoms in total. The molecule has 0 bridgehead atoms. The van der Waals surface area contributed by atoms with Crippen LogP contribution in [0.25, 0.3) is 0 Å². The zero-order valence-electron chi connectivity index (χ0n) is 14.0. The van der Waals surface area contributed by atoms with Crippen molar-refractivity contribution in [3.05, 3.63) is 12.4 Å². The molecule has 2 unspecified atom stereocenters. The van der Waals surface area contributed by atoms with Crippen LogP contribution in [0.2, 0.25) is 0 Å². The average Bonchev–Trinajstić information content (AvgIpc) is 2.95. The molecule has 2 aliphatic rings. The van der Waals surface area contributed by atoms with Gasteiger partial charge in [0.25, 0.3) is 0 Å². The molecule has 3 heterocycles. The Hall–Kier alpha value is -1.03. The van der Waals surface area contributed by atoms with Crippen molar-refractivity contribution in [2.45, 2.75) is 65.1 Å². The third-order valence-electron chi connectivity index (χ3n) is 5.20. The van der Waals surface area contributed by atoms with E-state index in [4.69, 9.17) is 0 Å². The summed E-state index contributed by atoms with van der Waals surface area (Å²) < 4.78 is 2.08. The first-order chi connectivity index (χ1) is 10.1. The van der Waals surface area contributed by atoms with Crippen molar-refractivity contribution in [2.24, 2.45) is 5.92 Å². The van der Waals surface area contributed by atoms with E-state index in [2.05, 4.69) is 59.7 Å². The van der Waals surface area contributed by atoms with Gasteiger partial charge in [0.05, 0.1) is 11.9 Å². The van der Waals surface area contributed by atoms with Crippen molar-refractivity contribution >= 4 is 5.69 Å². The lowest BCUT2D eigenvalue weighted by Gasteiger charge is -2.50. The SMILES string of the molecule is CC(C)C1CN2CCCCC2CN1c1cnn(C(C)C)c1. The molecule has 21 heavy (non-hydrogen) atoms. The van der Waals surface area contributed by atoms with Gasteiger partial charge in [-0.1, -0.05) is 20.3 Å². The third-order valence-corrected chi connectivity index (χ3v) is 5.20. The van der Waals surface area contributed by atoms with Crippen LogP contribution in [-0.2, 0) is 0 Å². The lowest BCUT2D eigenvalue weighted by atomic mass is 9.92. The highest BCUT2D eigenvalue weighted by atomic mass is 15.4. The highest BCUT2D eigenvalue weighted by Crippen LogP contribution is 2.31. The van der Waals surface area contributed by atoms with Gasteiger partial charge in [-0.05, 0) is 39.2 Å². The minimum atomic E-state index is 0.437. The fraction of sp³-hybridized carbons (Fsp3) is 0.824. The molecule has 4 heteroatoms. The van der Waals surface area contributed by atoms with Crippen LogP contribution >= 0.6 is 0 Å². The molecule has 0 amide bonds. The summed E-state index contributed by atoms with van der Waals surface area (Å²) in [5.74, 6) is 0.676. The van der Waals surface area contributed by atoms with E-state index < -0.39 is 0 Å². The molecule has 0 N–H and O–H groups in total.